The fourth-order valence-corrected chi connectivity index (χ4v) is 4.48. The van der Waals surface area contributed by atoms with E-state index in [1.807, 2.05) is 0 Å². The molecule has 1 fully saturated rings. The zero-order chi connectivity index (χ0) is 20.6. The highest BCUT2D eigenvalue weighted by Gasteiger charge is 2.44. The zero-order valence-corrected chi connectivity index (χ0v) is 16.9. The molecule has 1 aliphatic carbocycles. The number of unbranched alkanes of at least 4 members (excludes halogenated alkanes) is 7. The molecule has 0 saturated heterocycles. The highest BCUT2D eigenvalue weighted by molar-refractivity contribution is 5.81. The first-order chi connectivity index (χ1) is 13.4. The lowest BCUT2D eigenvalue weighted by atomic mass is 9.66. The van der Waals surface area contributed by atoms with Crippen molar-refractivity contribution in [1.82, 2.24) is 0 Å². The normalized spacial score (nSPS) is 22.4. The fourth-order valence-electron chi connectivity index (χ4n) is 4.48. The lowest BCUT2D eigenvalue weighted by molar-refractivity contribution is -0.145. The summed E-state index contributed by atoms with van der Waals surface area (Å²) in [6.07, 6.45) is 13.3. The third kappa shape index (κ3) is 5.74. The Morgan fingerprint density at radius 2 is 1.46 bits per heavy atom. The van der Waals surface area contributed by atoms with Gasteiger partial charge in [-0.1, -0.05) is 64.7 Å². The van der Waals surface area contributed by atoms with Gasteiger partial charge in [0.25, 0.3) is 0 Å². The van der Waals surface area contributed by atoms with Crippen molar-refractivity contribution < 1.29 is 23.1 Å². The van der Waals surface area contributed by atoms with E-state index < -0.39 is 28.8 Å². The molecule has 0 unspecified atom stereocenters. The van der Waals surface area contributed by atoms with Crippen LogP contribution in [-0.4, -0.2) is 11.1 Å². The lowest BCUT2D eigenvalue weighted by Crippen LogP contribution is -2.40. The maximum atomic E-state index is 13.6. The lowest BCUT2D eigenvalue weighted by Gasteiger charge is -2.37. The van der Waals surface area contributed by atoms with E-state index in [-0.39, 0.29) is 5.56 Å². The van der Waals surface area contributed by atoms with Gasteiger partial charge in [-0.2, -0.15) is 0 Å². The molecule has 0 amide bonds. The van der Waals surface area contributed by atoms with Crippen LogP contribution in [0, 0.1) is 23.4 Å². The van der Waals surface area contributed by atoms with Crippen molar-refractivity contribution in [2.24, 2.45) is 5.92 Å². The first-order valence-corrected chi connectivity index (χ1v) is 10.8. The van der Waals surface area contributed by atoms with Crippen LogP contribution in [0.1, 0.15) is 96.0 Å². The summed E-state index contributed by atoms with van der Waals surface area (Å²) in [4.78, 5) is 12.0. The second-order valence-electron chi connectivity index (χ2n) is 8.35. The van der Waals surface area contributed by atoms with E-state index in [9.17, 15) is 23.1 Å². The molecule has 0 radical (unpaired) electrons. The summed E-state index contributed by atoms with van der Waals surface area (Å²) in [5, 5.41) is 9.78. The zero-order valence-electron chi connectivity index (χ0n) is 16.9. The minimum Gasteiger partial charge on any atom is -0.481 e. The number of hydrogen-bond acceptors (Lipinski definition) is 1. The molecule has 158 valence electrons. The second-order valence-corrected chi connectivity index (χ2v) is 8.35. The Hall–Kier alpha value is -1.52. The SMILES string of the molecule is CCCCCCCCCCC1CCC(C(=O)O)(c2cc(F)c(F)c(F)c2)CC1. The van der Waals surface area contributed by atoms with E-state index in [4.69, 9.17) is 0 Å². The molecule has 0 atom stereocenters. The molecule has 1 aliphatic rings. The predicted octanol–water partition coefficient (Wildman–Crippen LogP) is 7.15. The molecular weight excluding hydrogens is 365 g/mol. The summed E-state index contributed by atoms with van der Waals surface area (Å²) < 4.78 is 40.5. The fraction of sp³-hybridized carbons (Fsp3) is 0.696. The van der Waals surface area contributed by atoms with Gasteiger partial charge in [0, 0.05) is 0 Å². The Labute approximate surface area is 166 Å². The van der Waals surface area contributed by atoms with Gasteiger partial charge >= 0.3 is 5.97 Å². The maximum Gasteiger partial charge on any atom is 0.314 e. The minimum absolute atomic E-state index is 0.0435. The number of halogens is 3. The summed E-state index contributed by atoms with van der Waals surface area (Å²) in [7, 11) is 0. The molecule has 0 aliphatic heterocycles. The van der Waals surface area contributed by atoms with Crippen molar-refractivity contribution in [2.45, 2.75) is 95.8 Å². The Bertz CT molecular complexity index is 614. The van der Waals surface area contributed by atoms with Crippen LogP contribution in [0.4, 0.5) is 13.2 Å². The monoisotopic (exact) mass is 398 g/mol. The van der Waals surface area contributed by atoms with Crippen LogP contribution >= 0.6 is 0 Å². The molecule has 2 nitrogen and oxygen atoms in total. The molecule has 0 spiro atoms. The molecule has 1 saturated carbocycles. The van der Waals surface area contributed by atoms with Crippen molar-refractivity contribution in [3.05, 3.63) is 35.1 Å². The number of benzene rings is 1. The largest absolute Gasteiger partial charge is 0.481 e. The first-order valence-electron chi connectivity index (χ1n) is 10.8. The minimum atomic E-state index is -1.55. The van der Waals surface area contributed by atoms with Crippen LogP contribution in [0.2, 0.25) is 0 Å². The van der Waals surface area contributed by atoms with Gasteiger partial charge in [-0.25, -0.2) is 13.2 Å². The van der Waals surface area contributed by atoms with Crippen molar-refractivity contribution in [3.63, 3.8) is 0 Å². The Morgan fingerprint density at radius 3 is 1.96 bits per heavy atom. The molecule has 1 aromatic rings. The molecular formula is C23H33F3O2. The second kappa shape index (κ2) is 10.9. The third-order valence-electron chi connectivity index (χ3n) is 6.37. The van der Waals surface area contributed by atoms with Crippen molar-refractivity contribution >= 4 is 5.97 Å². The summed E-state index contributed by atoms with van der Waals surface area (Å²) in [6.45, 7) is 2.21. The van der Waals surface area contributed by atoms with E-state index in [2.05, 4.69) is 6.92 Å². The molecule has 5 heteroatoms. The topological polar surface area (TPSA) is 37.3 Å². The summed E-state index contributed by atoms with van der Waals surface area (Å²) in [5.74, 6) is -4.81. The van der Waals surface area contributed by atoms with Gasteiger partial charge in [0.2, 0.25) is 0 Å². The number of carboxylic acid groups (broad SMARTS) is 1. The van der Waals surface area contributed by atoms with Crippen LogP contribution in [0.3, 0.4) is 0 Å². The Kier molecular flexibility index (Phi) is 8.84. The van der Waals surface area contributed by atoms with E-state index in [1.165, 1.54) is 44.9 Å². The molecule has 0 heterocycles. The third-order valence-corrected chi connectivity index (χ3v) is 6.37. The summed E-state index contributed by atoms with van der Waals surface area (Å²) in [6, 6.07) is 1.71. The quantitative estimate of drug-likeness (QED) is 0.317. The summed E-state index contributed by atoms with van der Waals surface area (Å²) >= 11 is 0. The summed E-state index contributed by atoms with van der Waals surface area (Å²) in [5.41, 5.74) is -1.27. The molecule has 1 aromatic carbocycles. The van der Waals surface area contributed by atoms with Gasteiger partial charge in [0.05, 0.1) is 5.41 Å². The van der Waals surface area contributed by atoms with Crippen molar-refractivity contribution in [3.8, 4) is 0 Å². The van der Waals surface area contributed by atoms with Crippen molar-refractivity contribution in [2.75, 3.05) is 0 Å². The number of rotatable bonds is 11. The van der Waals surface area contributed by atoms with E-state index in [0.717, 1.165) is 37.8 Å². The van der Waals surface area contributed by atoms with Crippen LogP contribution in [0.15, 0.2) is 12.1 Å². The van der Waals surface area contributed by atoms with E-state index >= 15 is 0 Å². The average Bonchev–Trinajstić information content (AvgIpc) is 2.68. The molecule has 1 N–H and O–H groups in total. The van der Waals surface area contributed by atoms with Crippen LogP contribution in [0.5, 0.6) is 0 Å². The van der Waals surface area contributed by atoms with Crippen LogP contribution < -0.4 is 0 Å². The van der Waals surface area contributed by atoms with Crippen LogP contribution in [0.25, 0.3) is 0 Å². The van der Waals surface area contributed by atoms with Gasteiger partial charge in [-0.15, -0.1) is 0 Å². The Morgan fingerprint density at radius 1 is 0.964 bits per heavy atom. The first kappa shape index (κ1) is 22.8. The van der Waals surface area contributed by atoms with E-state index in [1.54, 1.807) is 0 Å². The standard InChI is InChI=1S/C23H33F3O2/c1-2-3-4-5-6-7-8-9-10-17-11-13-23(14-12-17,22(27)28)18-15-19(24)21(26)20(25)16-18/h15-17H,2-14H2,1H3,(H,27,28). The average molecular weight is 399 g/mol. The number of aliphatic carboxylic acids is 1. The number of carboxylic acids is 1. The van der Waals surface area contributed by atoms with Gasteiger partial charge in [0.15, 0.2) is 17.5 Å². The molecule has 0 bridgehead atoms. The smallest absolute Gasteiger partial charge is 0.314 e. The number of carbonyl (C=O) groups is 1. The van der Waals surface area contributed by atoms with Gasteiger partial charge in [-0.3, -0.25) is 4.79 Å². The van der Waals surface area contributed by atoms with E-state index in [0.29, 0.717) is 18.8 Å². The molecule has 28 heavy (non-hydrogen) atoms. The van der Waals surface area contributed by atoms with Gasteiger partial charge in [0.1, 0.15) is 0 Å². The predicted molar refractivity (Wildman–Crippen MR) is 105 cm³/mol. The number of hydrogen-bond donors (Lipinski definition) is 1. The molecule has 0 aromatic heterocycles. The highest BCUT2D eigenvalue weighted by atomic mass is 19.2. The van der Waals surface area contributed by atoms with Crippen LogP contribution in [-0.2, 0) is 10.2 Å². The van der Waals surface area contributed by atoms with Gasteiger partial charge in [-0.05, 0) is 49.3 Å². The van der Waals surface area contributed by atoms with Crippen molar-refractivity contribution in [1.29, 1.82) is 0 Å². The highest BCUT2D eigenvalue weighted by Crippen LogP contribution is 2.44. The van der Waals surface area contributed by atoms with Gasteiger partial charge < -0.3 is 5.11 Å². The molecule has 2 rings (SSSR count). The Balaban J connectivity index is 1.83. The maximum absolute atomic E-state index is 13.6.